The number of hydrogen-bond donors (Lipinski definition) is 2. The molecule has 0 radical (unpaired) electrons. The van der Waals surface area contributed by atoms with Gasteiger partial charge in [-0.2, -0.15) is 0 Å². The van der Waals surface area contributed by atoms with Gasteiger partial charge in [0.1, 0.15) is 0 Å². The van der Waals surface area contributed by atoms with Crippen molar-refractivity contribution in [3.05, 3.63) is 72.1 Å². The molecule has 24 heavy (non-hydrogen) atoms. The lowest BCUT2D eigenvalue weighted by Crippen LogP contribution is -2.24. The Hall–Kier alpha value is -3.01. The third-order valence-corrected chi connectivity index (χ3v) is 4.48. The molecule has 0 aliphatic heterocycles. The topological polar surface area (TPSA) is 49.8 Å². The molecule has 2 N–H and O–H groups in total. The number of aromatic nitrogens is 2. The number of hydrogen-bond acceptors (Lipinski definition) is 1. The van der Waals surface area contributed by atoms with Gasteiger partial charge in [0.2, 0.25) is 5.91 Å². The first-order valence-corrected chi connectivity index (χ1v) is 8.07. The monoisotopic (exact) mass is 317 g/mol. The normalized spacial score (nSPS) is 11.2. The van der Waals surface area contributed by atoms with Crippen molar-refractivity contribution in [3.8, 4) is 0 Å². The maximum absolute atomic E-state index is 12.3. The van der Waals surface area contributed by atoms with E-state index in [1.807, 2.05) is 49.6 Å². The van der Waals surface area contributed by atoms with Gasteiger partial charge in [0.25, 0.3) is 0 Å². The summed E-state index contributed by atoms with van der Waals surface area (Å²) in [6.07, 6.45) is 4.38. The maximum atomic E-state index is 12.3. The lowest BCUT2D eigenvalue weighted by Gasteiger charge is -2.04. The van der Waals surface area contributed by atoms with Gasteiger partial charge >= 0.3 is 0 Å². The molecule has 2 aromatic heterocycles. The van der Waals surface area contributed by atoms with E-state index in [1.54, 1.807) is 0 Å². The van der Waals surface area contributed by atoms with Gasteiger partial charge in [-0.15, -0.1) is 0 Å². The summed E-state index contributed by atoms with van der Waals surface area (Å²) < 4.78 is 2.09. The summed E-state index contributed by atoms with van der Waals surface area (Å²) in [7, 11) is 2.03. The summed E-state index contributed by atoms with van der Waals surface area (Å²) in [6, 6.07) is 16.3. The molecule has 120 valence electrons. The molecular formula is C20H19N3O. The first-order chi connectivity index (χ1) is 11.7. The van der Waals surface area contributed by atoms with Gasteiger partial charge in [0.05, 0.1) is 6.42 Å². The number of carbonyl (C=O) groups excluding carboxylic acids is 1. The molecule has 0 atom stereocenters. The van der Waals surface area contributed by atoms with Gasteiger partial charge in [-0.1, -0.05) is 36.4 Å². The Bertz CT molecular complexity index is 1030. The summed E-state index contributed by atoms with van der Waals surface area (Å²) in [5, 5.41) is 5.34. The first kappa shape index (κ1) is 14.6. The number of aromatic amines is 1. The molecule has 0 bridgehead atoms. The summed E-state index contributed by atoms with van der Waals surface area (Å²) in [5.41, 5.74) is 4.41. The highest BCUT2D eigenvalue weighted by Gasteiger charge is 2.10. The van der Waals surface area contributed by atoms with Gasteiger partial charge in [-0.3, -0.25) is 4.79 Å². The van der Waals surface area contributed by atoms with Crippen LogP contribution in [-0.2, 0) is 24.8 Å². The lowest BCUT2D eigenvalue weighted by atomic mass is 10.1. The number of H-pyrrole nitrogens is 1. The Kier molecular flexibility index (Phi) is 3.58. The molecule has 2 aromatic carbocycles. The number of para-hydroxylation sites is 2. The third-order valence-electron chi connectivity index (χ3n) is 4.48. The summed E-state index contributed by atoms with van der Waals surface area (Å²) in [4.78, 5) is 15.6. The van der Waals surface area contributed by atoms with E-state index < -0.39 is 0 Å². The van der Waals surface area contributed by atoms with E-state index in [0.717, 1.165) is 22.0 Å². The molecule has 1 amide bonds. The molecule has 0 aliphatic carbocycles. The van der Waals surface area contributed by atoms with Crippen LogP contribution in [0.4, 0.5) is 0 Å². The lowest BCUT2D eigenvalue weighted by molar-refractivity contribution is -0.120. The number of carbonyl (C=O) groups is 1. The van der Waals surface area contributed by atoms with E-state index in [4.69, 9.17) is 0 Å². The van der Waals surface area contributed by atoms with Gasteiger partial charge in [-0.25, -0.2) is 0 Å². The summed E-state index contributed by atoms with van der Waals surface area (Å²) in [5.74, 6) is 0.0349. The highest BCUT2D eigenvalue weighted by Crippen LogP contribution is 2.20. The smallest absolute Gasteiger partial charge is 0.224 e. The first-order valence-electron chi connectivity index (χ1n) is 8.07. The van der Waals surface area contributed by atoms with Crippen LogP contribution in [0.25, 0.3) is 21.8 Å². The van der Waals surface area contributed by atoms with Crippen LogP contribution in [-0.4, -0.2) is 15.5 Å². The number of amides is 1. The Morgan fingerprint density at radius 2 is 1.79 bits per heavy atom. The molecule has 0 saturated heterocycles. The molecular weight excluding hydrogens is 298 g/mol. The minimum atomic E-state index is 0.0349. The van der Waals surface area contributed by atoms with Crippen molar-refractivity contribution in [1.82, 2.24) is 14.9 Å². The Morgan fingerprint density at radius 3 is 2.67 bits per heavy atom. The minimum Gasteiger partial charge on any atom is -0.361 e. The largest absolute Gasteiger partial charge is 0.361 e. The average Bonchev–Trinajstić information content (AvgIpc) is 3.15. The predicted octanol–water partition coefficient (Wildman–Crippen LogP) is 3.52. The molecule has 4 nitrogen and oxygen atoms in total. The summed E-state index contributed by atoms with van der Waals surface area (Å²) in [6.45, 7) is 0.544. The third kappa shape index (κ3) is 2.56. The minimum absolute atomic E-state index is 0.0349. The Balaban J connectivity index is 1.48. The Labute approximate surface area is 140 Å². The van der Waals surface area contributed by atoms with E-state index >= 15 is 0 Å². The second kappa shape index (κ2) is 5.89. The van der Waals surface area contributed by atoms with Crippen LogP contribution < -0.4 is 5.32 Å². The van der Waals surface area contributed by atoms with Crippen molar-refractivity contribution in [3.63, 3.8) is 0 Å². The zero-order chi connectivity index (χ0) is 16.5. The van der Waals surface area contributed by atoms with E-state index in [0.29, 0.717) is 13.0 Å². The molecule has 4 heteroatoms. The second-order valence-electron chi connectivity index (χ2n) is 6.10. The van der Waals surface area contributed by atoms with Gasteiger partial charge in [0, 0.05) is 47.8 Å². The zero-order valence-electron chi connectivity index (χ0n) is 13.5. The number of fused-ring (bicyclic) bond motifs is 2. The Morgan fingerprint density at radius 1 is 1.04 bits per heavy atom. The van der Waals surface area contributed by atoms with Gasteiger partial charge in [-0.05, 0) is 23.3 Å². The van der Waals surface area contributed by atoms with Crippen molar-refractivity contribution in [1.29, 1.82) is 0 Å². The number of nitrogens with zero attached hydrogens (tertiary/aromatic N) is 1. The van der Waals surface area contributed by atoms with E-state index in [2.05, 4.69) is 33.2 Å². The maximum Gasteiger partial charge on any atom is 0.224 e. The zero-order valence-corrected chi connectivity index (χ0v) is 13.5. The van der Waals surface area contributed by atoms with E-state index in [1.165, 1.54) is 10.9 Å². The molecule has 4 aromatic rings. The fourth-order valence-electron chi connectivity index (χ4n) is 3.27. The van der Waals surface area contributed by atoms with Crippen LogP contribution in [0.15, 0.2) is 60.9 Å². The quantitative estimate of drug-likeness (QED) is 0.594. The van der Waals surface area contributed by atoms with Crippen molar-refractivity contribution >= 4 is 27.7 Å². The fourth-order valence-corrected chi connectivity index (χ4v) is 3.27. The fraction of sp³-hybridized carbons (Fsp3) is 0.150. The van der Waals surface area contributed by atoms with Crippen LogP contribution in [0.5, 0.6) is 0 Å². The highest BCUT2D eigenvalue weighted by atomic mass is 16.1. The van der Waals surface area contributed by atoms with Crippen molar-refractivity contribution in [2.45, 2.75) is 13.0 Å². The van der Waals surface area contributed by atoms with Crippen LogP contribution >= 0.6 is 0 Å². The molecule has 0 unspecified atom stereocenters. The molecule has 0 aliphatic rings. The van der Waals surface area contributed by atoms with Crippen LogP contribution in [0.1, 0.15) is 11.1 Å². The van der Waals surface area contributed by atoms with E-state index in [9.17, 15) is 4.79 Å². The van der Waals surface area contributed by atoms with Crippen molar-refractivity contribution < 1.29 is 4.79 Å². The van der Waals surface area contributed by atoms with E-state index in [-0.39, 0.29) is 5.91 Å². The van der Waals surface area contributed by atoms with Gasteiger partial charge < -0.3 is 14.9 Å². The van der Waals surface area contributed by atoms with Crippen LogP contribution in [0.3, 0.4) is 0 Å². The SMILES string of the molecule is Cn1cc(CNC(=O)Cc2c[nH]c3ccccc23)c2ccccc21. The molecule has 0 spiro atoms. The van der Waals surface area contributed by atoms with Crippen molar-refractivity contribution in [2.24, 2.45) is 7.05 Å². The highest BCUT2D eigenvalue weighted by molar-refractivity contribution is 5.89. The molecule has 0 fully saturated rings. The van der Waals surface area contributed by atoms with Crippen LogP contribution in [0, 0.1) is 0 Å². The number of benzene rings is 2. The average molecular weight is 317 g/mol. The van der Waals surface area contributed by atoms with Crippen molar-refractivity contribution in [2.75, 3.05) is 0 Å². The number of aryl methyl sites for hydroxylation is 1. The number of rotatable bonds is 4. The number of nitrogens with one attached hydrogen (secondary N) is 2. The molecule has 4 rings (SSSR count). The predicted molar refractivity (Wildman–Crippen MR) is 96.8 cm³/mol. The second-order valence-corrected chi connectivity index (χ2v) is 6.10. The standard InChI is InChI=1S/C20H19N3O/c1-23-13-15(17-7-3-5-9-19(17)23)12-22-20(24)10-14-11-21-18-8-4-2-6-16(14)18/h2-9,11,13,21H,10,12H2,1H3,(H,22,24). The molecule has 0 saturated carbocycles. The van der Waals surface area contributed by atoms with Crippen LogP contribution in [0.2, 0.25) is 0 Å². The summed E-state index contributed by atoms with van der Waals surface area (Å²) >= 11 is 0. The van der Waals surface area contributed by atoms with Gasteiger partial charge in [0.15, 0.2) is 0 Å². The molecule has 2 heterocycles.